The van der Waals surface area contributed by atoms with Crippen LogP contribution in [0.25, 0.3) is 0 Å². The molecular formula is C18H26FNO. The third-order valence-electron chi connectivity index (χ3n) is 3.22. The molecule has 3 heteroatoms. The molecule has 2 nitrogen and oxygen atoms in total. The predicted octanol–water partition coefficient (Wildman–Crippen LogP) is 4.27. The van der Waals surface area contributed by atoms with E-state index >= 15 is 0 Å². The smallest absolute Gasteiger partial charge is 0.128 e. The lowest BCUT2D eigenvalue weighted by Gasteiger charge is -2.07. The average molecular weight is 291 g/mol. The van der Waals surface area contributed by atoms with Crippen LogP contribution in [0.15, 0.2) is 18.2 Å². The second-order valence-electron chi connectivity index (χ2n) is 5.15. The lowest BCUT2D eigenvalue weighted by molar-refractivity contribution is 0.303. The highest BCUT2D eigenvalue weighted by molar-refractivity contribution is 5.40. The molecule has 1 aromatic rings. The van der Waals surface area contributed by atoms with Gasteiger partial charge in [0.25, 0.3) is 0 Å². The van der Waals surface area contributed by atoms with Crippen molar-refractivity contribution >= 4 is 0 Å². The zero-order valence-electron chi connectivity index (χ0n) is 13.0. The number of halogens is 1. The summed E-state index contributed by atoms with van der Waals surface area (Å²) in [7, 11) is 0. The van der Waals surface area contributed by atoms with Gasteiger partial charge in [0.2, 0.25) is 0 Å². The number of hydrogen-bond acceptors (Lipinski definition) is 2. The van der Waals surface area contributed by atoms with Crippen LogP contribution >= 0.6 is 0 Å². The van der Waals surface area contributed by atoms with Crippen LogP contribution in [-0.4, -0.2) is 13.2 Å². The molecule has 1 rings (SSSR count). The molecule has 0 bridgehead atoms. The molecule has 1 aromatic carbocycles. The van der Waals surface area contributed by atoms with E-state index in [1.165, 1.54) is 50.7 Å². The highest BCUT2D eigenvalue weighted by atomic mass is 19.1. The molecule has 0 fully saturated rings. The Kier molecular flexibility index (Phi) is 9.32. The Hall–Kier alpha value is -1.53. The average Bonchev–Trinajstić information content (AvgIpc) is 2.47. The first-order valence-corrected chi connectivity index (χ1v) is 7.88. The molecule has 116 valence electrons. The van der Waals surface area contributed by atoms with Crippen molar-refractivity contribution in [1.29, 1.82) is 0 Å². The molecule has 21 heavy (non-hydrogen) atoms. The fraction of sp³-hybridized carbons (Fsp3) is 0.556. The van der Waals surface area contributed by atoms with Crippen LogP contribution in [0.4, 0.5) is 4.39 Å². The fourth-order valence-electron chi connectivity index (χ4n) is 2.12. The summed E-state index contributed by atoms with van der Waals surface area (Å²) in [6, 6.07) is 4.55. The Balaban J connectivity index is 2.27. The Labute approximate surface area is 127 Å². The second-order valence-corrected chi connectivity index (χ2v) is 5.15. The van der Waals surface area contributed by atoms with Crippen molar-refractivity contribution in [3.05, 3.63) is 29.6 Å². The molecule has 0 unspecified atom stereocenters. The minimum absolute atomic E-state index is 0.269. The largest absolute Gasteiger partial charge is 0.493 e. The normalized spacial score (nSPS) is 10.0. The van der Waals surface area contributed by atoms with Crippen LogP contribution < -0.4 is 10.5 Å². The number of benzene rings is 1. The number of ether oxygens (including phenoxy) is 1. The summed E-state index contributed by atoms with van der Waals surface area (Å²) in [6.45, 7) is 3.12. The van der Waals surface area contributed by atoms with Gasteiger partial charge in [0.15, 0.2) is 0 Å². The molecular weight excluding hydrogens is 265 g/mol. The summed E-state index contributed by atoms with van der Waals surface area (Å²) in [5.74, 6) is 5.75. The van der Waals surface area contributed by atoms with Gasteiger partial charge in [0, 0.05) is 11.6 Å². The van der Waals surface area contributed by atoms with Crippen molar-refractivity contribution in [2.75, 3.05) is 13.2 Å². The summed E-state index contributed by atoms with van der Waals surface area (Å²) in [4.78, 5) is 0. The summed E-state index contributed by atoms with van der Waals surface area (Å²) in [6.07, 6.45) is 8.65. The quantitative estimate of drug-likeness (QED) is 0.545. The van der Waals surface area contributed by atoms with Crippen molar-refractivity contribution in [3.8, 4) is 17.6 Å². The molecule has 2 N–H and O–H groups in total. The van der Waals surface area contributed by atoms with Gasteiger partial charge < -0.3 is 10.5 Å². The summed E-state index contributed by atoms with van der Waals surface area (Å²) >= 11 is 0. The highest BCUT2D eigenvalue weighted by Gasteiger charge is 2.00. The summed E-state index contributed by atoms with van der Waals surface area (Å²) < 4.78 is 19.0. The lowest BCUT2D eigenvalue weighted by atomic mass is 10.1. The van der Waals surface area contributed by atoms with Crippen molar-refractivity contribution in [2.24, 2.45) is 5.73 Å². The Morgan fingerprint density at radius 3 is 2.48 bits per heavy atom. The molecule has 0 spiro atoms. The second kappa shape index (κ2) is 11.2. The first kappa shape index (κ1) is 17.5. The third-order valence-corrected chi connectivity index (χ3v) is 3.22. The van der Waals surface area contributed by atoms with E-state index in [0.717, 1.165) is 6.42 Å². The number of hydrogen-bond donors (Lipinski definition) is 1. The van der Waals surface area contributed by atoms with Gasteiger partial charge in [-0.05, 0) is 18.6 Å². The fourth-order valence-corrected chi connectivity index (χ4v) is 2.12. The van der Waals surface area contributed by atoms with Crippen molar-refractivity contribution in [1.82, 2.24) is 0 Å². The van der Waals surface area contributed by atoms with Gasteiger partial charge in [-0.3, -0.25) is 0 Å². The molecule has 0 aliphatic carbocycles. The maximum Gasteiger partial charge on any atom is 0.128 e. The predicted molar refractivity (Wildman–Crippen MR) is 85.8 cm³/mol. The van der Waals surface area contributed by atoms with E-state index in [4.69, 9.17) is 10.5 Å². The van der Waals surface area contributed by atoms with E-state index in [2.05, 4.69) is 18.8 Å². The Morgan fingerprint density at radius 1 is 1.05 bits per heavy atom. The van der Waals surface area contributed by atoms with Crippen LogP contribution in [0.1, 0.15) is 57.4 Å². The summed E-state index contributed by atoms with van der Waals surface area (Å²) in [5, 5.41) is 0. The molecule has 0 radical (unpaired) electrons. The van der Waals surface area contributed by atoms with E-state index in [1.54, 1.807) is 6.07 Å². The topological polar surface area (TPSA) is 35.2 Å². The van der Waals surface area contributed by atoms with Crippen molar-refractivity contribution in [3.63, 3.8) is 0 Å². The van der Waals surface area contributed by atoms with E-state index in [1.807, 2.05) is 0 Å². The first-order valence-electron chi connectivity index (χ1n) is 7.88. The molecule has 0 saturated heterocycles. The van der Waals surface area contributed by atoms with Crippen molar-refractivity contribution < 1.29 is 9.13 Å². The molecule has 0 aromatic heterocycles. The molecule has 0 saturated carbocycles. The zero-order valence-corrected chi connectivity index (χ0v) is 13.0. The number of unbranched alkanes of at least 4 members (excludes halogenated alkanes) is 6. The molecule has 0 amide bonds. The van der Waals surface area contributed by atoms with Crippen LogP contribution in [0.2, 0.25) is 0 Å². The van der Waals surface area contributed by atoms with E-state index in [-0.39, 0.29) is 12.4 Å². The maximum atomic E-state index is 13.4. The number of nitrogens with two attached hydrogens (primary N) is 1. The van der Waals surface area contributed by atoms with Crippen LogP contribution in [-0.2, 0) is 0 Å². The molecule has 0 atom stereocenters. The van der Waals surface area contributed by atoms with Gasteiger partial charge >= 0.3 is 0 Å². The molecule has 0 aliphatic heterocycles. The van der Waals surface area contributed by atoms with E-state index in [0.29, 0.717) is 17.9 Å². The SMILES string of the molecule is CCCCCCCCCOc1cc(F)cc(C#CCN)c1. The van der Waals surface area contributed by atoms with Crippen molar-refractivity contribution in [2.45, 2.75) is 51.9 Å². The minimum atomic E-state index is -0.326. The standard InChI is InChI=1S/C18H26FNO/c1-2-3-4-5-6-7-8-12-21-18-14-16(10-9-11-20)13-17(19)15-18/h13-15H,2-8,11-12,20H2,1H3. The minimum Gasteiger partial charge on any atom is -0.493 e. The van der Waals surface area contributed by atoms with Crippen LogP contribution in [0, 0.1) is 17.7 Å². The van der Waals surface area contributed by atoms with E-state index < -0.39 is 0 Å². The van der Waals surface area contributed by atoms with Gasteiger partial charge in [-0.25, -0.2) is 4.39 Å². The maximum absolute atomic E-state index is 13.4. The van der Waals surface area contributed by atoms with E-state index in [9.17, 15) is 4.39 Å². The Morgan fingerprint density at radius 2 is 1.76 bits per heavy atom. The molecule has 0 aliphatic rings. The zero-order chi connectivity index (χ0) is 15.3. The first-order chi connectivity index (χ1) is 10.3. The third kappa shape index (κ3) is 8.37. The van der Waals surface area contributed by atoms with Gasteiger partial charge in [-0.2, -0.15) is 0 Å². The van der Waals surface area contributed by atoms with Crippen LogP contribution in [0.5, 0.6) is 5.75 Å². The van der Waals surface area contributed by atoms with Gasteiger partial charge in [-0.15, -0.1) is 0 Å². The summed E-state index contributed by atoms with van der Waals surface area (Å²) in [5.41, 5.74) is 5.92. The van der Waals surface area contributed by atoms with Crippen LogP contribution in [0.3, 0.4) is 0 Å². The highest BCUT2D eigenvalue weighted by Crippen LogP contribution is 2.16. The van der Waals surface area contributed by atoms with Gasteiger partial charge in [0.05, 0.1) is 13.2 Å². The monoisotopic (exact) mass is 291 g/mol. The number of rotatable bonds is 9. The van der Waals surface area contributed by atoms with Gasteiger partial charge in [-0.1, -0.05) is 57.3 Å². The van der Waals surface area contributed by atoms with Gasteiger partial charge in [0.1, 0.15) is 11.6 Å². The lowest BCUT2D eigenvalue weighted by Crippen LogP contribution is -1.98. The molecule has 0 heterocycles. The Bertz CT molecular complexity index is 462.